The van der Waals surface area contributed by atoms with Crippen molar-refractivity contribution in [1.82, 2.24) is 0 Å². The molecular formula is C18H19NO4. The average Bonchev–Trinajstić information content (AvgIpc) is 2.59. The lowest BCUT2D eigenvalue weighted by molar-refractivity contribution is 0.102. The molecule has 0 radical (unpaired) electrons. The van der Waals surface area contributed by atoms with Gasteiger partial charge in [0.1, 0.15) is 23.9 Å². The number of nitrogens with one attached hydrogen (secondary N) is 1. The van der Waals surface area contributed by atoms with Crippen molar-refractivity contribution >= 4 is 11.6 Å². The fourth-order valence-electron chi connectivity index (χ4n) is 1.96. The first-order chi connectivity index (χ1) is 11.2. The fraction of sp³-hybridized carbons (Fsp3) is 0.167. The van der Waals surface area contributed by atoms with E-state index in [0.29, 0.717) is 35.1 Å². The van der Waals surface area contributed by atoms with Crippen LogP contribution in [0, 0.1) is 0 Å². The summed E-state index contributed by atoms with van der Waals surface area (Å²) < 4.78 is 15.8. The lowest BCUT2D eigenvalue weighted by Crippen LogP contribution is -2.12. The summed E-state index contributed by atoms with van der Waals surface area (Å²) in [5.41, 5.74) is 1.08. The van der Waals surface area contributed by atoms with Gasteiger partial charge in [0.05, 0.1) is 14.2 Å². The third-order valence-electron chi connectivity index (χ3n) is 3.07. The molecule has 120 valence electrons. The van der Waals surface area contributed by atoms with E-state index < -0.39 is 0 Å². The minimum atomic E-state index is -0.261. The Labute approximate surface area is 135 Å². The van der Waals surface area contributed by atoms with Crippen LogP contribution in [0.25, 0.3) is 0 Å². The molecule has 0 aliphatic rings. The van der Waals surface area contributed by atoms with Crippen LogP contribution in [0.4, 0.5) is 5.69 Å². The number of anilines is 1. The third-order valence-corrected chi connectivity index (χ3v) is 3.07. The first kappa shape index (κ1) is 16.4. The first-order valence-corrected chi connectivity index (χ1v) is 7.04. The average molecular weight is 313 g/mol. The van der Waals surface area contributed by atoms with Crippen molar-refractivity contribution in [3.8, 4) is 17.2 Å². The molecule has 0 saturated heterocycles. The fourth-order valence-corrected chi connectivity index (χ4v) is 1.96. The van der Waals surface area contributed by atoms with Gasteiger partial charge in [0.2, 0.25) is 0 Å². The van der Waals surface area contributed by atoms with Crippen LogP contribution in [0.1, 0.15) is 10.4 Å². The molecule has 0 aliphatic carbocycles. The number of hydrogen-bond acceptors (Lipinski definition) is 4. The van der Waals surface area contributed by atoms with Crippen LogP contribution in [0.15, 0.2) is 55.1 Å². The van der Waals surface area contributed by atoms with E-state index in [-0.39, 0.29) is 5.91 Å². The summed E-state index contributed by atoms with van der Waals surface area (Å²) in [6.45, 7) is 4.01. The molecular weight excluding hydrogens is 294 g/mol. The van der Waals surface area contributed by atoms with Crippen LogP contribution >= 0.6 is 0 Å². The number of amides is 1. The number of methoxy groups -OCH3 is 2. The summed E-state index contributed by atoms with van der Waals surface area (Å²) in [5.74, 6) is 1.50. The highest BCUT2D eigenvalue weighted by atomic mass is 16.5. The Kier molecular flexibility index (Phi) is 5.63. The molecule has 0 unspecified atom stereocenters. The molecule has 2 rings (SSSR count). The van der Waals surface area contributed by atoms with E-state index in [2.05, 4.69) is 11.9 Å². The smallest absolute Gasteiger partial charge is 0.255 e. The summed E-state index contributed by atoms with van der Waals surface area (Å²) in [6.07, 6.45) is 1.66. The van der Waals surface area contributed by atoms with Gasteiger partial charge in [0, 0.05) is 23.4 Å². The van der Waals surface area contributed by atoms with Crippen molar-refractivity contribution in [3.63, 3.8) is 0 Å². The number of benzene rings is 2. The van der Waals surface area contributed by atoms with Gasteiger partial charge in [0.15, 0.2) is 0 Å². The summed E-state index contributed by atoms with van der Waals surface area (Å²) >= 11 is 0. The summed E-state index contributed by atoms with van der Waals surface area (Å²) in [4.78, 5) is 12.4. The lowest BCUT2D eigenvalue weighted by Gasteiger charge is -2.10. The van der Waals surface area contributed by atoms with Crippen molar-refractivity contribution in [2.75, 3.05) is 26.1 Å². The van der Waals surface area contributed by atoms with Gasteiger partial charge in [-0.1, -0.05) is 18.7 Å². The molecule has 0 aliphatic heterocycles. The predicted octanol–water partition coefficient (Wildman–Crippen LogP) is 3.52. The van der Waals surface area contributed by atoms with Crippen LogP contribution in [0.2, 0.25) is 0 Å². The monoisotopic (exact) mass is 313 g/mol. The topological polar surface area (TPSA) is 56.8 Å². The Morgan fingerprint density at radius 1 is 1.09 bits per heavy atom. The molecule has 0 spiro atoms. The highest BCUT2D eigenvalue weighted by Gasteiger charge is 2.10. The van der Waals surface area contributed by atoms with Gasteiger partial charge in [-0.25, -0.2) is 0 Å². The van der Waals surface area contributed by atoms with Crippen LogP contribution in [-0.4, -0.2) is 26.7 Å². The Balaban J connectivity index is 2.17. The van der Waals surface area contributed by atoms with Gasteiger partial charge in [-0.2, -0.15) is 0 Å². The van der Waals surface area contributed by atoms with Crippen molar-refractivity contribution in [1.29, 1.82) is 0 Å². The largest absolute Gasteiger partial charge is 0.497 e. The highest BCUT2D eigenvalue weighted by Crippen LogP contribution is 2.24. The van der Waals surface area contributed by atoms with E-state index in [4.69, 9.17) is 14.2 Å². The number of carbonyl (C=O) groups excluding carboxylic acids is 1. The minimum Gasteiger partial charge on any atom is -0.497 e. The van der Waals surface area contributed by atoms with Crippen LogP contribution in [0.5, 0.6) is 17.2 Å². The zero-order valence-electron chi connectivity index (χ0n) is 13.2. The minimum absolute atomic E-state index is 0.261. The molecule has 5 nitrogen and oxygen atoms in total. The van der Waals surface area contributed by atoms with Crippen molar-refractivity contribution < 1.29 is 19.0 Å². The third kappa shape index (κ3) is 4.51. The standard InChI is InChI=1S/C18H19NO4/c1-4-8-23-15-7-5-6-14(11-15)19-18(20)13-9-16(21-2)12-17(10-13)22-3/h4-7,9-12H,1,8H2,2-3H3,(H,19,20). The number of ether oxygens (including phenoxy) is 3. The number of hydrogen-bond donors (Lipinski definition) is 1. The molecule has 1 N–H and O–H groups in total. The molecule has 0 aromatic heterocycles. The SMILES string of the molecule is C=CCOc1cccc(NC(=O)c2cc(OC)cc(OC)c2)c1. The molecule has 0 bridgehead atoms. The Morgan fingerprint density at radius 2 is 1.78 bits per heavy atom. The van der Waals surface area contributed by atoms with Gasteiger partial charge in [0.25, 0.3) is 5.91 Å². The highest BCUT2D eigenvalue weighted by molar-refractivity contribution is 6.04. The maximum absolute atomic E-state index is 12.4. The molecule has 2 aromatic carbocycles. The van der Waals surface area contributed by atoms with E-state index in [0.717, 1.165) is 0 Å². The lowest BCUT2D eigenvalue weighted by atomic mass is 10.1. The molecule has 23 heavy (non-hydrogen) atoms. The van der Waals surface area contributed by atoms with Crippen LogP contribution < -0.4 is 19.5 Å². The van der Waals surface area contributed by atoms with E-state index in [1.165, 1.54) is 14.2 Å². The quantitative estimate of drug-likeness (QED) is 0.795. The molecule has 0 saturated carbocycles. The maximum Gasteiger partial charge on any atom is 0.255 e. The second-order valence-electron chi connectivity index (χ2n) is 4.68. The van der Waals surface area contributed by atoms with E-state index >= 15 is 0 Å². The zero-order chi connectivity index (χ0) is 16.7. The Bertz CT molecular complexity index is 675. The van der Waals surface area contributed by atoms with E-state index in [9.17, 15) is 4.79 Å². The molecule has 1 amide bonds. The van der Waals surface area contributed by atoms with Gasteiger partial charge >= 0.3 is 0 Å². The Morgan fingerprint density at radius 3 is 2.39 bits per heavy atom. The maximum atomic E-state index is 12.4. The summed E-state index contributed by atoms with van der Waals surface area (Å²) in [7, 11) is 3.08. The zero-order valence-corrected chi connectivity index (χ0v) is 13.2. The Hall–Kier alpha value is -2.95. The molecule has 0 heterocycles. The van der Waals surface area contributed by atoms with Gasteiger partial charge < -0.3 is 19.5 Å². The second-order valence-corrected chi connectivity index (χ2v) is 4.68. The molecule has 0 atom stereocenters. The van der Waals surface area contributed by atoms with Gasteiger partial charge in [-0.3, -0.25) is 4.79 Å². The van der Waals surface area contributed by atoms with Gasteiger partial charge in [-0.15, -0.1) is 0 Å². The predicted molar refractivity (Wildman–Crippen MR) is 89.6 cm³/mol. The van der Waals surface area contributed by atoms with E-state index in [1.54, 1.807) is 42.5 Å². The number of rotatable bonds is 7. The molecule has 0 fully saturated rings. The summed E-state index contributed by atoms with van der Waals surface area (Å²) in [6, 6.07) is 12.2. The normalized spacial score (nSPS) is 9.83. The number of carbonyl (C=O) groups is 1. The van der Waals surface area contributed by atoms with Crippen molar-refractivity contribution in [2.24, 2.45) is 0 Å². The van der Waals surface area contributed by atoms with Crippen molar-refractivity contribution in [2.45, 2.75) is 0 Å². The van der Waals surface area contributed by atoms with Crippen LogP contribution in [-0.2, 0) is 0 Å². The van der Waals surface area contributed by atoms with Gasteiger partial charge in [-0.05, 0) is 24.3 Å². The molecule has 2 aromatic rings. The molecule has 5 heteroatoms. The van der Waals surface area contributed by atoms with E-state index in [1.807, 2.05) is 6.07 Å². The van der Waals surface area contributed by atoms with Crippen LogP contribution in [0.3, 0.4) is 0 Å². The second kappa shape index (κ2) is 7.89. The van der Waals surface area contributed by atoms with Crippen molar-refractivity contribution in [3.05, 3.63) is 60.7 Å². The summed E-state index contributed by atoms with van der Waals surface area (Å²) in [5, 5.41) is 2.82. The first-order valence-electron chi connectivity index (χ1n) is 7.04.